The molecule has 148 valence electrons. The second-order valence-corrected chi connectivity index (χ2v) is 7.37. The maximum atomic E-state index is 13.9. The second-order valence-electron chi connectivity index (χ2n) is 7.37. The molecular weight excluding hydrogens is 373 g/mol. The molecule has 0 bridgehead atoms. The Balaban J connectivity index is 1.58. The molecule has 0 spiro atoms. The summed E-state index contributed by atoms with van der Waals surface area (Å²) in [4.78, 5) is 27.7. The van der Waals surface area contributed by atoms with Crippen molar-refractivity contribution in [2.24, 2.45) is 7.05 Å². The molecule has 3 heterocycles. The maximum Gasteiger partial charge on any atom is 0.255 e. The number of rotatable bonds is 2. The lowest BCUT2D eigenvalue weighted by molar-refractivity contribution is 0.00157. The number of hydrogen-bond acceptors (Lipinski definition) is 6. The Kier molecular flexibility index (Phi) is 4.35. The average molecular weight is 393 g/mol. The maximum absolute atomic E-state index is 13.9. The van der Waals surface area contributed by atoms with E-state index in [9.17, 15) is 9.18 Å². The summed E-state index contributed by atoms with van der Waals surface area (Å²) in [7, 11) is 1.72. The van der Waals surface area contributed by atoms with Crippen molar-refractivity contribution < 1.29 is 9.13 Å². The molecule has 1 aliphatic heterocycles. The van der Waals surface area contributed by atoms with Crippen LogP contribution in [-0.2, 0) is 18.2 Å². The normalized spacial score (nSPS) is 20.8. The van der Waals surface area contributed by atoms with Crippen LogP contribution in [0.1, 0.15) is 23.7 Å². The smallest absolute Gasteiger partial charge is 0.255 e. The number of benzene rings is 1. The van der Waals surface area contributed by atoms with Gasteiger partial charge in [0.15, 0.2) is 0 Å². The van der Waals surface area contributed by atoms with E-state index in [4.69, 9.17) is 9.72 Å². The third kappa shape index (κ3) is 3.09. The second kappa shape index (κ2) is 7.04. The molecule has 0 N–H and O–H groups in total. The standard InChI is InChI=1S/C21H20FN5O2/c1-26-19(28)11-17(16-6-7-23-12-24-16)25-21(26)27-8-9-29-20-15-10-14(22)4-2-13(15)3-5-18(20)27/h2,4,6-7,10-12,18,20H,3,5,8-9H2,1H3/t18-,20+/m0/s1. The van der Waals surface area contributed by atoms with Gasteiger partial charge in [0, 0.05) is 25.9 Å². The average Bonchev–Trinajstić information content (AvgIpc) is 2.75. The van der Waals surface area contributed by atoms with Crippen molar-refractivity contribution in [2.75, 3.05) is 18.1 Å². The summed E-state index contributed by atoms with van der Waals surface area (Å²) in [6.45, 7) is 1.09. The predicted octanol–water partition coefficient (Wildman–Crippen LogP) is 2.27. The summed E-state index contributed by atoms with van der Waals surface area (Å²) in [5, 5.41) is 0. The van der Waals surface area contributed by atoms with Gasteiger partial charge in [0.05, 0.1) is 24.0 Å². The first-order valence-electron chi connectivity index (χ1n) is 9.63. The molecule has 1 saturated heterocycles. The largest absolute Gasteiger partial charge is 0.370 e. The Morgan fingerprint density at radius 1 is 1.21 bits per heavy atom. The lowest BCUT2D eigenvalue weighted by Crippen LogP contribution is -2.51. The van der Waals surface area contributed by atoms with E-state index in [0.717, 1.165) is 24.0 Å². The van der Waals surface area contributed by atoms with Gasteiger partial charge in [-0.15, -0.1) is 0 Å². The lowest BCUT2D eigenvalue weighted by atomic mass is 9.84. The molecule has 0 radical (unpaired) electrons. The summed E-state index contributed by atoms with van der Waals surface area (Å²) in [6, 6.07) is 8.10. The fraction of sp³-hybridized carbons (Fsp3) is 0.333. The zero-order chi connectivity index (χ0) is 20.0. The van der Waals surface area contributed by atoms with E-state index in [-0.39, 0.29) is 23.5 Å². The molecule has 1 fully saturated rings. The number of fused-ring (bicyclic) bond motifs is 3. The molecule has 1 aliphatic carbocycles. The highest BCUT2D eigenvalue weighted by Gasteiger charge is 2.39. The van der Waals surface area contributed by atoms with Crippen molar-refractivity contribution in [3.63, 3.8) is 0 Å². The van der Waals surface area contributed by atoms with Crippen LogP contribution in [0.25, 0.3) is 11.4 Å². The molecule has 3 aromatic rings. The lowest BCUT2D eigenvalue weighted by Gasteiger charge is -2.45. The number of aromatic nitrogens is 4. The Hall–Kier alpha value is -3.13. The predicted molar refractivity (Wildman–Crippen MR) is 105 cm³/mol. The van der Waals surface area contributed by atoms with Crippen molar-refractivity contribution >= 4 is 5.95 Å². The van der Waals surface area contributed by atoms with Gasteiger partial charge in [-0.05, 0) is 42.2 Å². The van der Waals surface area contributed by atoms with Crippen LogP contribution in [0.3, 0.4) is 0 Å². The van der Waals surface area contributed by atoms with Crippen molar-refractivity contribution in [3.05, 3.63) is 70.2 Å². The van der Waals surface area contributed by atoms with E-state index in [1.54, 1.807) is 29.9 Å². The first-order valence-corrected chi connectivity index (χ1v) is 9.63. The molecule has 5 rings (SSSR count). The Morgan fingerprint density at radius 3 is 2.93 bits per heavy atom. The summed E-state index contributed by atoms with van der Waals surface area (Å²) >= 11 is 0. The quantitative estimate of drug-likeness (QED) is 0.665. The SMILES string of the molecule is Cn1c(N2CCO[C@@H]3c4cc(F)ccc4CC[C@@H]32)nc(-c2ccncn2)cc1=O. The zero-order valence-corrected chi connectivity index (χ0v) is 16.0. The Morgan fingerprint density at radius 2 is 2.10 bits per heavy atom. The van der Waals surface area contributed by atoms with Gasteiger partial charge in [0.2, 0.25) is 5.95 Å². The number of halogens is 1. The van der Waals surface area contributed by atoms with Gasteiger partial charge in [-0.2, -0.15) is 0 Å². The molecule has 2 atom stereocenters. The fourth-order valence-electron chi connectivity index (χ4n) is 4.29. The number of aryl methyl sites for hydroxylation is 1. The minimum Gasteiger partial charge on any atom is -0.370 e. The van der Waals surface area contributed by atoms with Crippen LogP contribution in [0.15, 0.2) is 47.7 Å². The topological polar surface area (TPSA) is 73.1 Å². The zero-order valence-electron chi connectivity index (χ0n) is 16.0. The van der Waals surface area contributed by atoms with Gasteiger partial charge in [0.25, 0.3) is 5.56 Å². The molecule has 8 heteroatoms. The van der Waals surface area contributed by atoms with E-state index in [1.165, 1.54) is 18.5 Å². The van der Waals surface area contributed by atoms with Gasteiger partial charge in [-0.3, -0.25) is 9.36 Å². The molecule has 0 saturated carbocycles. The van der Waals surface area contributed by atoms with Crippen molar-refractivity contribution in [2.45, 2.75) is 25.0 Å². The third-order valence-corrected chi connectivity index (χ3v) is 5.72. The summed E-state index contributed by atoms with van der Waals surface area (Å²) in [6.07, 6.45) is 4.49. The molecule has 0 unspecified atom stereocenters. The highest BCUT2D eigenvalue weighted by molar-refractivity contribution is 5.55. The summed E-state index contributed by atoms with van der Waals surface area (Å²) in [5.74, 6) is 0.311. The van der Waals surface area contributed by atoms with E-state index in [2.05, 4.69) is 14.9 Å². The third-order valence-electron chi connectivity index (χ3n) is 5.72. The van der Waals surface area contributed by atoms with Gasteiger partial charge in [0.1, 0.15) is 18.2 Å². The minimum absolute atomic E-state index is 0.0169. The molecular formula is C21H20FN5O2. The molecule has 0 amide bonds. The van der Waals surface area contributed by atoms with E-state index < -0.39 is 0 Å². The fourth-order valence-corrected chi connectivity index (χ4v) is 4.29. The van der Waals surface area contributed by atoms with Gasteiger partial charge in [-0.1, -0.05) is 6.07 Å². The van der Waals surface area contributed by atoms with Crippen molar-refractivity contribution in [1.29, 1.82) is 0 Å². The summed E-state index contributed by atoms with van der Waals surface area (Å²) in [5.41, 5.74) is 2.96. The number of nitrogens with zero attached hydrogens (tertiary/aromatic N) is 5. The van der Waals surface area contributed by atoms with Gasteiger partial charge in [-0.25, -0.2) is 19.3 Å². The van der Waals surface area contributed by atoms with Crippen LogP contribution >= 0.6 is 0 Å². The van der Waals surface area contributed by atoms with Crippen LogP contribution in [0.2, 0.25) is 0 Å². The minimum atomic E-state index is -0.263. The number of hydrogen-bond donors (Lipinski definition) is 0. The van der Waals surface area contributed by atoms with E-state index in [0.29, 0.717) is 30.5 Å². The Bertz CT molecular complexity index is 1120. The highest BCUT2D eigenvalue weighted by atomic mass is 19.1. The van der Waals surface area contributed by atoms with Gasteiger partial charge >= 0.3 is 0 Å². The van der Waals surface area contributed by atoms with Crippen molar-refractivity contribution in [1.82, 2.24) is 19.5 Å². The van der Waals surface area contributed by atoms with Crippen LogP contribution in [0, 0.1) is 5.82 Å². The number of ether oxygens (including phenoxy) is 1. The van der Waals surface area contributed by atoms with Crippen LogP contribution in [0.5, 0.6) is 0 Å². The first kappa shape index (κ1) is 17.9. The van der Waals surface area contributed by atoms with E-state index in [1.807, 2.05) is 6.07 Å². The molecule has 1 aromatic carbocycles. The molecule has 2 aliphatic rings. The number of anilines is 1. The van der Waals surface area contributed by atoms with Gasteiger partial charge < -0.3 is 9.64 Å². The molecule has 29 heavy (non-hydrogen) atoms. The van der Waals surface area contributed by atoms with Crippen molar-refractivity contribution in [3.8, 4) is 11.4 Å². The number of morpholine rings is 1. The molecule has 7 nitrogen and oxygen atoms in total. The van der Waals surface area contributed by atoms with E-state index >= 15 is 0 Å². The summed E-state index contributed by atoms with van der Waals surface area (Å²) < 4.78 is 21.5. The van der Waals surface area contributed by atoms with Crippen LogP contribution < -0.4 is 10.5 Å². The van der Waals surface area contributed by atoms with Crippen LogP contribution in [-0.4, -0.2) is 38.7 Å². The van der Waals surface area contributed by atoms with Crippen LogP contribution in [0.4, 0.5) is 10.3 Å². The highest BCUT2D eigenvalue weighted by Crippen LogP contribution is 2.39. The molecule has 2 aromatic heterocycles. The Labute approximate surface area is 166 Å². The first-order chi connectivity index (χ1) is 14.1. The monoisotopic (exact) mass is 393 g/mol.